The van der Waals surface area contributed by atoms with Crippen LogP contribution >= 0.6 is 0 Å². The van der Waals surface area contributed by atoms with Crippen LogP contribution in [0.5, 0.6) is 17.2 Å². The van der Waals surface area contributed by atoms with Gasteiger partial charge in [0, 0.05) is 19.2 Å². The summed E-state index contributed by atoms with van der Waals surface area (Å²) in [5.41, 5.74) is 1.38. The third-order valence-corrected chi connectivity index (χ3v) is 4.37. The van der Waals surface area contributed by atoms with Gasteiger partial charge in [0.15, 0.2) is 6.10 Å². The van der Waals surface area contributed by atoms with Gasteiger partial charge in [-0.25, -0.2) is 0 Å². The summed E-state index contributed by atoms with van der Waals surface area (Å²) < 4.78 is 16.2. The van der Waals surface area contributed by atoms with Gasteiger partial charge in [-0.15, -0.1) is 0 Å². The zero-order valence-corrected chi connectivity index (χ0v) is 16.0. The Morgan fingerprint density at radius 2 is 1.82 bits per heavy atom. The Kier molecular flexibility index (Phi) is 5.84. The van der Waals surface area contributed by atoms with Gasteiger partial charge in [0.25, 0.3) is 11.8 Å². The SMILES string of the molecule is CNC(=O)[C@H]1CN(C(=O)/C=C/c2cc(OC)cc(OC)c2)c2ccccc2O1. The summed E-state index contributed by atoms with van der Waals surface area (Å²) in [7, 11) is 4.67. The molecule has 0 unspecified atom stereocenters. The lowest BCUT2D eigenvalue weighted by atomic mass is 10.1. The number of rotatable bonds is 5. The van der Waals surface area contributed by atoms with E-state index in [0.29, 0.717) is 22.9 Å². The Hall–Kier alpha value is -3.48. The highest BCUT2D eigenvalue weighted by Gasteiger charge is 2.32. The van der Waals surface area contributed by atoms with E-state index < -0.39 is 6.10 Å². The van der Waals surface area contributed by atoms with Crippen molar-refractivity contribution in [3.05, 3.63) is 54.1 Å². The molecule has 0 fully saturated rings. The molecule has 1 aliphatic heterocycles. The van der Waals surface area contributed by atoms with Crippen LogP contribution in [0.15, 0.2) is 48.5 Å². The maximum Gasteiger partial charge on any atom is 0.262 e. The van der Waals surface area contributed by atoms with E-state index in [4.69, 9.17) is 14.2 Å². The Bertz CT molecular complexity index is 887. The van der Waals surface area contributed by atoms with E-state index in [1.807, 2.05) is 6.07 Å². The summed E-state index contributed by atoms with van der Waals surface area (Å²) in [4.78, 5) is 26.5. The van der Waals surface area contributed by atoms with Crippen molar-refractivity contribution in [1.29, 1.82) is 0 Å². The van der Waals surface area contributed by atoms with E-state index in [0.717, 1.165) is 5.56 Å². The minimum Gasteiger partial charge on any atom is -0.497 e. The van der Waals surface area contributed by atoms with Crippen molar-refractivity contribution in [3.8, 4) is 17.2 Å². The lowest BCUT2D eigenvalue weighted by Crippen LogP contribution is -2.49. The molecule has 3 rings (SSSR count). The van der Waals surface area contributed by atoms with Crippen LogP contribution in [0.3, 0.4) is 0 Å². The molecule has 1 aliphatic rings. The Morgan fingerprint density at radius 3 is 2.46 bits per heavy atom. The molecule has 2 aromatic rings. The van der Waals surface area contributed by atoms with Crippen molar-refractivity contribution in [2.45, 2.75) is 6.10 Å². The van der Waals surface area contributed by atoms with E-state index in [1.165, 1.54) is 18.0 Å². The maximum absolute atomic E-state index is 12.9. The fourth-order valence-corrected chi connectivity index (χ4v) is 2.92. The number of carbonyl (C=O) groups is 2. The highest BCUT2D eigenvalue weighted by molar-refractivity contribution is 6.05. The summed E-state index contributed by atoms with van der Waals surface area (Å²) in [6.45, 7) is 0.126. The molecule has 2 amide bonds. The van der Waals surface area contributed by atoms with Crippen LogP contribution in [-0.4, -0.2) is 45.7 Å². The first-order valence-electron chi connectivity index (χ1n) is 8.75. The number of hydrogen-bond donors (Lipinski definition) is 1. The Balaban J connectivity index is 1.87. The van der Waals surface area contributed by atoms with Gasteiger partial charge in [0.05, 0.1) is 26.5 Å². The number of likely N-dealkylation sites (N-methyl/N-ethyl adjacent to an activating group) is 1. The number of amides is 2. The second-order valence-electron chi connectivity index (χ2n) is 6.12. The van der Waals surface area contributed by atoms with E-state index in [9.17, 15) is 9.59 Å². The molecule has 0 aliphatic carbocycles. The van der Waals surface area contributed by atoms with E-state index in [1.54, 1.807) is 56.7 Å². The highest BCUT2D eigenvalue weighted by atomic mass is 16.5. The molecule has 0 radical (unpaired) electrons. The molecule has 2 aromatic carbocycles. The van der Waals surface area contributed by atoms with Crippen molar-refractivity contribution in [3.63, 3.8) is 0 Å². The van der Waals surface area contributed by atoms with Gasteiger partial charge in [0.2, 0.25) is 0 Å². The van der Waals surface area contributed by atoms with Crippen molar-refractivity contribution in [2.75, 3.05) is 32.7 Å². The van der Waals surface area contributed by atoms with Gasteiger partial charge in [0.1, 0.15) is 17.2 Å². The van der Waals surface area contributed by atoms with Crippen LogP contribution < -0.4 is 24.4 Å². The number of hydrogen-bond acceptors (Lipinski definition) is 5. The summed E-state index contributed by atoms with van der Waals surface area (Å²) >= 11 is 0. The van der Waals surface area contributed by atoms with Gasteiger partial charge in [-0.1, -0.05) is 12.1 Å². The number of nitrogens with one attached hydrogen (secondary N) is 1. The Morgan fingerprint density at radius 1 is 1.14 bits per heavy atom. The molecular formula is C21H22N2O5. The topological polar surface area (TPSA) is 77.1 Å². The van der Waals surface area contributed by atoms with Crippen molar-refractivity contribution in [2.24, 2.45) is 0 Å². The minimum atomic E-state index is -0.769. The molecule has 0 spiro atoms. The minimum absolute atomic E-state index is 0.126. The van der Waals surface area contributed by atoms with Crippen LogP contribution in [0, 0.1) is 0 Å². The number of fused-ring (bicyclic) bond motifs is 1. The average Bonchev–Trinajstić information content (AvgIpc) is 2.75. The zero-order valence-electron chi connectivity index (χ0n) is 16.0. The largest absolute Gasteiger partial charge is 0.497 e. The fourth-order valence-electron chi connectivity index (χ4n) is 2.92. The number of anilines is 1. The van der Waals surface area contributed by atoms with Gasteiger partial charge in [-0.05, 0) is 35.9 Å². The second-order valence-corrected chi connectivity index (χ2v) is 6.12. The predicted octanol–water partition coefficient (Wildman–Crippen LogP) is 2.26. The van der Waals surface area contributed by atoms with Gasteiger partial charge >= 0.3 is 0 Å². The van der Waals surface area contributed by atoms with Gasteiger partial charge in [-0.3, -0.25) is 9.59 Å². The molecule has 1 N–H and O–H groups in total. The fraction of sp³-hybridized carbons (Fsp3) is 0.238. The Labute approximate surface area is 163 Å². The quantitative estimate of drug-likeness (QED) is 0.803. The second kappa shape index (κ2) is 8.47. The third-order valence-electron chi connectivity index (χ3n) is 4.37. The molecule has 0 bridgehead atoms. The van der Waals surface area contributed by atoms with Gasteiger partial charge < -0.3 is 24.4 Å². The van der Waals surface area contributed by atoms with E-state index in [2.05, 4.69) is 5.32 Å². The monoisotopic (exact) mass is 382 g/mol. The average molecular weight is 382 g/mol. The maximum atomic E-state index is 12.9. The first-order chi connectivity index (χ1) is 13.5. The van der Waals surface area contributed by atoms with Crippen LogP contribution in [0.2, 0.25) is 0 Å². The summed E-state index contributed by atoms with van der Waals surface area (Å²) in [6.07, 6.45) is 2.37. The summed E-state index contributed by atoms with van der Waals surface area (Å²) in [5, 5.41) is 2.56. The number of para-hydroxylation sites is 2. The molecule has 7 nitrogen and oxygen atoms in total. The third kappa shape index (κ3) is 4.09. The summed E-state index contributed by atoms with van der Waals surface area (Å²) in [6, 6.07) is 12.5. The zero-order chi connectivity index (χ0) is 20.1. The molecular weight excluding hydrogens is 360 g/mol. The van der Waals surface area contributed by atoms with Crippen LogP contribution in [0.1, 0.15) is 5.56 Å². The smallest absolute Gasteiger partial charge is 0.262 e. The number of carbonyl (C=O) groups excluding carboxylic acids is 2. The first-order valence-corrected chi connectivity index (χ1v) is 8.75. The molecule has 0 saturated heterocycles. The van der Waals surface area contributed by atoms with Gasteiger partial charge in [-0.2, -0.15) is 0 Å². The van der Waals surface area contributed by atoms with Crippen molar-refractivity contribution < 1.29 is 23.8 Å². The standard InChI is InChI=1S/C21H22N2O5/c1-22-21(25)19-13-23(17-6-4-5-7-18(17)28-19)20(24)9-8-14-10-15(26-2)12-16(11-14)27-3/h4-12,19H,13H2,1-3H3,(H,22,25)/b9-8+/t19-/m1/s1. The number of methoxy groups -OCH3 is 2. The predicted molar refractivity (Wildman–Crippen MR) is 106 cm³/mol. The molecule has 1 atom stereocenters. The lowest BCUT2D eigenvalue weighted by Gasteiger charge is -2.33. The van der Waals surface area contributed by atoms with E-state index in [-0.39, 0.29) is 18.4 Å². The molecule has 28 heavy (non-hydrogen) atoms. The summed E-state index contributed by atoms with van der Waals surface area (Å²) in [5.74, 6) is 1.21. The first kappa shape index (κ1) is 19.3. The number of benzene rings is 2. The van der Waals surface area contributed by atoms with E-state index >= 15 is 0 Å². The molecule has 0 saturated carbocycles. The van der Waals surface area contributed by atoms with Crippen LogP contribution in [0.4, 0.5) is 5.69 Å². The molecule has 146 valence electrons. The molecule has 0 aromatic heterocycles. The van der Waals surface area contributed by atoms with Crippen LogP contribution in [0.25, 0.3) is 6.08 Å². The normalized spacial score (nSPS) is 15.5. The van der Waals surface area contributed by atoms with Crippen molar-refractivity contribution in [1.82, 2.24) is 5.32 Å². The molecule has 7 heteroatoms. The molecule has 1 heterocycles. The van der Waals surface area contributed by atoms with Crippen molar-refractivity contribution >= 4 is 23.6 Å². The highest BCUT2D eigenvalue weighted by Crippen LogP contribution is 2.33. The lowest BCUT2D eigenvalue weighted by molar-refractivity contribution is -0.127. The number of nitrogens with zero attached hydrogens (tertiary/aromatic N) is 1. The van der Waals surface area contributed by atoms with Crippen LogP contribution in [-0.2, 0) is 9.59 Å². The number of ether oxygens (including phenoxy) is 3.